The van der Waals surface area contributed by atoms with Crippen molar-refractivity contribution < 1.29 is 9.53 Å². The van der Waals surface area contributed by atoms with E-state index in [1.54, 1.807) is 4.90 Å². The van der Waals surface area contributed by atoms with Gasteiger partial charge in [-0.05, 0) is 25.0 Å². The number of ether oxygens (including phenoxy) is 1. The molecule has 1 amide bonds. The molecule has 2 rings (SSSR count). The number of hydrogen-bond acceptors (Lipinski definition) is 2. The molecule has 1 aromatic rings. The maximum Gasteiger partial charge on any atom is 0.229 e. The molecule has 0 saturated carbocycles. The van der Waals surface area contributed by atoms with Gasteiger partial charge in [0, 0.05) is 18.4 Å². The quantitative estimate of drug-likeness (QED) is 0.803. The topological polar surface area (TPSA) is 29.5 Å². The lowest BCUT2D eigenvalue weighted by molar-refractivity contribution is -0.137. The van der Waals surface area contributed by atoms with Gasteiger partial charge < -0.3 is 9.64 Å². The first-order chi connectivity index (χ1) is 8.63. The van der Waals surface area contributed by atoms with E-state index in [-0.39, 0.29) is 17.9 Å². The van der Waals surface area contributed by atoms with Crippen LogP contribution in [0.15, 0.2) is 24.3 Å². The summed E-state index contributed by atoms with van der Waals surface area (Å²) in [5.74, 6) is 1.01. The SMILES string of the molecule is CC(CBr)N(C)C(=O)C1COc2ccccc2C1. The maximum absolute atomic E-state index is 12.3. The fourth-order valence-electron chi connectivity index (χ4n) is 2.10. The van der Waals surface area contributed by atoms with Gasteiger partial charge in [0.15, 0.2) is 0 Å². The predicted octanol–water partition coefficient (Wildman–Crippen LogP) is 2.48. The average molecular weight is 312 g/mol. The van der Waals surface area contributed by atoms with Crippen molar-refractivity contribution in [3.63, 3.8) is 0 Å². The minimum Gasteiger partial charge on any atom is -0.492 e. The molecule has 0 radical (unpaired) electrons. The molecule has 1 aromatic carbocycles. The van der Waals surface area contributed by atoms with Crippen molar-refractivity contribution in [1.29, 1.82) is 0 Å². The highest BCUT2D eigenvalue weighted by atomic mass is 79.9. The largest absolute Gasteiger partial charge is 0.492 e. The monoisotopic (exact) mass is 311 g/mol. The Labute approximate surface area is 116 Å². The normalized spacial score (nSPS) is 19.6. The van der Waals surface area contributed by atoms with Gasteiger partial charge in [-0.3, -0.25) is 4.79 Å². The van der Waals surface area contributed by atoms with E-state index in [9.17, 15) is 4.79 Å². The number of nitrogens with zero attached hydrogens (tertiary/aromatic N) is 1. The second kappa shape index (κ2) is 5.74. The van der Waals surface area contributed by atoms with Crippen molar-refractivity contribution in [2.24, 2.45) is 5.92 Å². The second-order valence-electron chi connectivity index (χ2n) is 4.77. The summed E-state index contributed by atoms with van der Waals surface area (Å²) >= 11 is 3.41. The summed E-state index contributed by atoms with van der Waals surface area (Å²) in [6.45, 7) is 2.51. The molecular weight excluding hydrogens is 294 g/mol. The van der Waals surface area contributed by atoms with E-state index in [4.69, 9.17) is 4.74 Å². The van der Waals surface area contributed by atoms with E-state index in [2.05, 4.69) is 15.9 Å². The number of alkyl halides is 1. The van der Waals surface area contributed by atoms with Gasteiger partial charge in [-0.2, -0.15) is 0 Å². The van der Waals surface area contributed by atoms with Crippen molar-refractivity contribution in [2.75, 3.05) is 19.0 Å². The molecule has 0 N–H and O–H groups in total. The van der Waals surface area contributed by atoms with E-state index in [1.807, 2.05) is 38.2 Å². The lowest BCUT2D eigenvalue weighted by atomic mass is 9.95. The summed E-state index contributed by atoms with van der Waals surface area (Å²) in [7, 11) is 1.86. The molecule has 1 aliphatic rings. The van der Waals surface area contributed by atoms with Crippen LogP contribution >= 0.6 is 15.9 Å². The fraction of sp³-hybridized carbons (Fsp3) is 0.500. The van der Waals surface area contributed by atoms with Crippen LogP contribution in [0.3, 0.4) is 0 Å². The Kier molecular flexibility index (Phi) is 4.27. The van der Waals surface area contributed by atoms with Crippen molar-refractivity contribution in [3.05, 3.63) is 29.8 Å². The Morgan fingerprint density at radius 3 is 3.00 bits per heavy atom. The van der Waals surface area contributed by atoms with Crippen LogP contribution in [0.4, 0.5) is 0 Å². The summed E-state index contributed by atoms with van der Waals surface area (Å²) in [5.41, 5.74) is 1.13. The van der Waals surface area contributed by atoms with Gasteiger partial charge >= 0.3 is 0 Å². The van der Waals surface area contributed by atoms with Crippen LogP contribution < -0.4 is 4.74 Å². The summed E-state index contributed by atoms with van der Waals surface area (Å²) in [4.78, 5) is 14.1. The lowest BCUT2D eigenvalue weighted by Crippen LogP contribution is -2.43. The number of fused-ring (bicyclic) bond motifs is 1. The van der Waals surface area contributed by atoms with E-state index < -0.39 is 0 Å². The Morgan fingerprint density at radius 1 is 1.56 bits per heavy atom. The lowest BCUT2D eigenvalue weighted by Gasteiger charge is -2.30. The average Bonchev–Trinajstić information content (AvgIpc) is 2.44. The van der Waals surface area contributed by atoms with Crippen LogP contribution in [0.5, 0.6) is 5.75 Å². The molecule has 2 atom stereocenters. The van der Waals surface area contributed by atoms with Crippen LogP contribution in [0.2, 0.25) is 0 Å². The molecule has 0 aliphatic carbocycles. The van der Waals surface area contributed by atoms with Crippen molar-refractivity contribution in [3.8, 4) is 5.75 Å². The molecule has 1 aliphatic heterocycles. The molecule has 4 heteroatoms. The molecular formula is C14H18BrNO2. The standard InChI is InChI=1S/C14H18BrNO2/c1-10(8-15)16(2)14(17)12-7-11-5-3-4-6-13(11)18-9-12/h3-6,10,12H,7-9H2,1-2H3. The highest BCUT2D eigenvalue weighted by Crippen LogP contribution is 2.27. The molecule has 18 heavy (non-hydrogen) atoms. The third-order valence-corrected chi connectivity index (χ3v) is 4.40. The number of halogens is 1. The fourth-order valence-corrected chi connectivity index (χ4v) is 2.53. The van der Waals surface area contributed by atoms with Crippen molar-refractivity contribution >= 4 is 21.8 Å². The van der Waals surface area contributed by atoms with Gasteiger partial charge in [0.1, 0.15) is 12.4 Å². The molecule has 0 bridgehead atoms. The molecule has 2 unspecified atom stereocenters. The van der Waals surface area contributed by atoms with E-state index in [0.717, 1.165) is 23.1 Å². The first-order valence-corrected chi connectivity index (χ1v) is 7.29. The number of hydrogen-bond donors (Lipinski definition) is 0. The Morgan fingerprint density at radius 2 is 2.28 bits per heavy atom. The van der Waals surface area contributed by atoms with E-state index in [1.165, 1.54) is 0 Å². The predicted molar refractivity (Wildman–Crippen MR) is 75.2 cm³/mol. The number of carbonyl (C=O) groups excluding carboxylic acids is 1. The number of amides is 1. The Hall–Kier alpha value is -1.03. The van der Waals surface area contributed by atoms with Gasteiger partial charge in [-0.1, -0.05) is 34.1 Å². The minimum atomic E-state index is -0.0635. The van der Waals surface area contributed by atoms with Crippen LogP contribution in [-0.2, 0) is 11.2 Å². The number of carbonyl (C=O) groups is 1. The number of benzene rings is 1. The highest BCUT2D eigenvalue weighted by Gasteiger charge is 2.29. The molecule has 0 spiro atoms. The molecule has 0 fully saturated rings. The first kappa shape index (κ1) is 13.4. The second-order valence-corrected chi connectivity index (χ2v) is 5.42. The highest BCUT2D eigenvalue weighted by molar-refractivity contribution is 9.09. The summed E-state index contributed by atoms with van der Waals surface area (Å²) in [6.07, 6.45) is 0.772. The van der Waals surface area contributed by atoms with Gasteiger partial charge in [-0.25, -0.2) is 0 Å². The van der Waals surface area contributed by atoms with Crippen LogP contribution in [0.1, 0.15) is 12.5 Å². The number of rotatable bonds is 3. The van der Waals surface area contributed by atoms with E-state index in [0.29, 0.717) is 6.61 Å². The third kappa shape index (κ3) is 2.69. The zero-order chi connectivity index (χ0) is 13.1. The smallest absolute Gasteiger partial charge is 0.229 e. The van der Waals surface area contributed by atoms with Crippen molar-refractivity contribution in [1.82, 2.24) is 4.90 Å². The Bertz CT molecular complexity index is 436. The molecule has 1 heterocycles. The summed E-state index contributed by atoms with van der Waals surface area (Å²) in [6, 6.07) is 8.14. The van der Waals surface area contributed by atoms with Gasteiger partial charge in [0.05, 0.1) is 5.92 Å². The minimum absolute atomic E-state index is 0.0635. The van der Waals surface area contributed by atoms with Crippen molar-refractivity contribution in [2.45, 2.75) is 19.4 Å². The molecule has 98 valence electrons. The molecule has 3 nitrogen and oxygen atoms in total. The summed E-state index contributed by atoms with van der Waals surface area (Å²) in [5, 5.41) is 0.791. The van der Waals surface area contributed by atoms with Gasteiger partial charge in [0.25, 0.3) is 0 Å². The summed E-state index contributed by atoms with van der Waals surface area (Å²) < 4.78 is 5.66. The zero-order valence-corrected chi connectivity index (χ0v) is 12.3. The van der Waals surface area contributed by atoms with Crippen LogP contribution in [0.25, 0.3) is 0 Å². The molecule has 0 aromatic heterocycles. The Balaban J connectivity index is 2.07. The number of para-hydroxylation sites is 1. The maximum atomic E-state index is 12.3. The van der Waals surface area contributed by atoms with E-state index >= 15 is 0 Å². The zero-order valence-electron chi connectivity index (χ0n) is 10.7. The van der Waals surface area contributed by atoms with Crippen LogP contribution in [0, 0.1) is 5.92 Å². The molecule has 0 saturated heterocycles. The first-order valence-electron chi connectivity index (χ1n) is 6.16. The van der Waals surface area contributed by atoms with Gasteiger partial charge in [-0.15, -0.1) is 0 Å². The third-order valence-electron chi connectivity index (χ3n) is 3.46. The van der Waals surface area contributed by atoms with Gasteiger partial charge in [0.2, 0.25) is 5.91 Å². The van der Waals surface area contributed by atoms with Crippen LogP contribution in [-0.4, -0.2) is 35.8 Å².